The lowest BCUT2D eigenvalue weighted by molar-refractivity contribution is -0.117. The van der Waals surface area contributed by atoms with E-state index in [2.05, 4.69) is 10.0 Å². The lowest BCUT2D eigenvalue weighted by atomic mass is 10.2. The van der Waals surface area contributed by atoms with Crippen molar-refractivity contribution in [3.05, 3.63) is 53.3 Å². The number of anilines is 1. The van der Waals surface area contributed by atoms with Gasteiger partial charge in [-0.15, -0.1) is 0 Å². The molecule has 6 nitrogen and oxygen atoms in total. The van der Waals surface area contributed by atoms with Crippen molar-refractivity contribution in [3.8, 4) is 5.75 Å². The zero-order chi connectivity index (χ0) is 18.6. The lowest BCUT2D eigenvalue weighted by Gasteiger charge is -2.15. The smallest absolute Gasteiger partial charge is 0.244 e. The van der Waals surface area contributed by atoms with Crippen LogP contribution in [0.4, 0.5) is 10.1 Å². The molecule has 1 unspecified atom stereocenters. The topological polar surface area (TPSA) is 84.5 Å². The Morgan fingerprint density at radius 2 is 1.92 bits per heavy atom. The van der Waals surface area contributed by atoms with Crippen LogP contribution < -0.4 is 14.8 Å². The first-order valence-corrected chi connectivity index (χ1v) is 9.02. The minimum atomic E-state index is -4.18. The SMILES string of the molecule is COc1ccc(NC(=O)C(C)NS(=O)(=O)c2ccccc2F)cc1Cl. The van der Waals surface area contributed by atoms with Crippen molar-refractivity contribution in [2.45, 2.75) is 17.9 Å². The zero-order valence-corrected chi connectivity index (χ0v) is 15.0. The average Bonchev–Trinajstić information content (AvgIpc) is 2.54. The minimum absolute atomic E-state index is 0.292. The van der Waals surface area contributed by atoms with Crippen LogP contribution in [0.3, 0.4) is 0 Å². The summed E-state index contributed by atoms with van der Waals surface area (Å²) < 4.78 is 45.2. The summed E-state index contributed by atoms with van der Waals surface area (Å²) in [5, 5.41) is 2.81. The first kappa shape index (κ1) is 19.2. The molecule has 0 radical (unpaired) electrons. The van der Waals surface area contributed by atoms with Crippen LogP contribution in [0.15, 0.2) is 47.4 Å². The number of ether oxygens (including phenoxy) is 1. The molecule has 2 aromatic rings. The Bertz CT molecular complexity index is 889. The number of hydrogen-bond acceptors (Lipinski definition) is 4. The zero-order valence-electron chi connectivity index (χ0n) is 13.4. The van der Waals surface area contributed by atoms with Crippen molar-refractivity contribution in [1.29, 1.82) is 0 Å². The molecule has 2 rings (SSSR count). The highest BCUT2D eigenvalue weighted by Gasteiger charge is 2.24. The molecule has 0 fully saturated rings. The van der Waals surface area contributed by atoms with E-state index >= 15 is 0 Å². The summed E-state index contributed by atoms with van der Waals surface area (Å²) >= 11 is 5.97. The summed E-state index contributed by atoms with van der Waals surface area (Å²) in [5.74, 6) is -1.08. The molecule has 0 bridgehead atoms. The molecule has 0 aliphatic carbocycles. The molecule has 9 heteroatoms. The van der Waals surface area contributed by atoms with Gasteiger partial charge in [-0.25, -0.2) is 12.8 Å². The summed E-state index contributed by atoms with van der Waals surface area (Å²) in [7, 11) is -2.72. The molecule has 0 aliphatic heterocycles. The third-order valence-electron chi connectivity index (χ3n) is 3.27. The molecule has 0 saturated carbocycles. The fourth-order valence-corrected chi connectivity index (χ4v) is 3.55. The molecule has 1 amide bonds. The van der Waals surface area contributed by atoms with E-state index in [0.717, 1.165) is 12.1 Å². The molecule has 1 atom stereocenters. The number of benzene rings is 2. The van der Waals surface area contributed by atoms with E-state index in [1.54, 1.807) is 12.1 Å². The van der Waals surface area contributed by atoms with Crippen molar-refractivity contribution >= 4 is 33.2 Å². The summed E-state index contributed by atoms with van der Waals surface area (Å²) in [6.07, 6.45) is 0. The van der Waals surface area contributed by atoms with E-state index in [4.69, 9.17) is 16.3 Å². The Morgan fingerprint density at radius 3 is 2.52 bits per heavy atom. The van der Waals surface area contributed by atoms with Crippen LogP contribution in [0.2, 0.25) is 5.02 Å². The van der Waals surface area contributed by atoms with Crippen molar-refractivity contribution in [3.63, 3.8) is 0 Å². The maximum Gasteiger partial charge on any atom is 0.244 e. The van der Waals surface area contributed by atoms with Crippen LogP contribution in [-0.2, 0) is 14.8 Å². The number of rotatable bonds is 6. The largest absolute Gasteiger partial charge is 0.495 e. The van der Waals surface area contributed by atoms with Gasteiger partial charge < -0.3 is 10.1 Å². The maximum atomic E-state index is 13.7. The Balaban J connectivity index is 2.10. The van der Waals surface area contributed by atoms with Crippen molar-refractivity contribution < 1.29 is 22.3 Å². The second-order valence-electron chi connectivity index (χ2n) is 5.11. The average molecular weight is 387 g/mol. The highest BCUT2D eigenvalue weighted by molar-refractivity contribution is 7.89. The number of sulfonamides is 1. The van der Waals surface area contributed by atoms with Gasteiger partial charge in [0.25, 0.3) is 0 Å². The molecular weight excluding hydrogens is 371 g/mol. The van der Waals surface area contributed by atoms with E-state index in [9.17, 15) is 17.6 Å². The maximum absolute atomic E-state index is 13.7. The number of carbonyl (C=O) groups excluding carboxylic acids is 1. The van der Waals surface area contributed by atoms with Gasteiger partial charge in [0, 0.05) is 5.69 Å². The van der Waals surface area contributed by atoms with Gasteiger partial charge in [0.15, 0.2) is 0 Å². The summed E-state index contributed by atoms with van der Waals surface area (Å²) in [4.78, 5) is 11.6. The van der Waals surface area contributed by atoms with Gasteiger partial charge in [0.2, 0.25) is 15.9 Å². The van der Waals surface area contributed by atoms with E-state index < -0.39 is 32.7 Å². The van der Waals surface area contributed by atoms with Crippen molar-refractivity contribution in [2.24, 2.45) is 0 Å². The van der Waals surface area contributed by atoms with Gasteiger partial charge in [-0.1, -0.05) is 23.7 Å². The van der Waals surface area contributed by atoms with E-state index in [-0.39, 0.29) is 0 Å². The molecule has 25 heavy (non-hydrogen) atoms. The number of hydrogen-bond donors (Lipinski definition) is 2. The van der Waals surface area contributed by atoms with Gasteiger partial charge in [-0.3, -0.25) is 4.79 Å². The van der Waals surface area contributed by atoms with Crippen molar-refractivity contribution in [2.75, 3.05) is 12.4 Å². The predicted molar refractivity (Wildman–Crippen MR) is 92.8 cm³/mol. The Hall–Kier alpha value is -2.16. The van der Waals surface area contributed by atoms with Gasteiger partial charge in [0.1, 0.15) is 16.5 Å². The highest BCUT2D eigenvalue weighted by Crippen LogP contribution is 2.27. The number of halogens is 2. The number of nitrogens with one attached hydrogen (secondary N) is 2. The van der Waals surface area contributed by atoms with E-state index in [0.29, 0.717) is 16.5 Å². The van der Waals surface area contributed by atoms with E-state index in [1.807, 2.05) is 0 Å². The first-order valence-electron chi connectivity index (χ1n) is 7.16. The van der Waals surface area contributed by atoms with Gasteiger partial charge in [0.05, 0.1) is 18.2 Å². The number of carbonyl (C=O) groups is 1. The van der Waals surface area contributed by atoms with Crippen LogP contribution in [-0.4, -0.2) is 27.5 Å². The standard InChI is InChI=1S/C16H16ClFN2O4S/c1-10(20-25(22,23)15-6-4-3-5-13(15)18)16(21)19-11-7-8-14(24-2)12(17)9-11/h3-10,20H,1-2H3,(H,19,21). The number of amides is 1. The molecular formula is C16H16ClFN2O4S. The molecule has 0 saturated heterocycles. The highest BCUT2D eigenvalue weighted by atomic mass is 35.5. The lowest BCUT2D eigenvalue weighted by Crippen LogP contribution is -2.41. The molecule has 2 aromatic carbocycles. The third kappa shape index (κ3) is 4.68. The molecule has 0 aromatic heterocycles. The molecule has 0 spiro atoms. The Labute approximate surface area is 150 Å². The molecule has 134 valence electrons. The van der Waals surface area contributed by atoms with Gasteiger partial charge in [-0.05, 0) is 37.3 Å². The van der Waals surface area contributed by atoms with Crippen LogP contribution in [0.1, 0.15) is 6.92 Å². The summed E-state index contributed by atoms with van der Waals surface area (Å²) in [6, 6.07) is 8.36. The van der Waals surface area contributed by atoms with Crippen LogP contribution in [0.5, 0.6) is 5.75 Å². The monoisotopic (exact) mass is 386 g/mol. The van der Waals surface area contributed by atoms with Gasteiger partial charge >= 0.3 is 0 Å². The molecule has 0 heterocycles. The van der Waals surface area contributed by atoms with Crippen molar-refractivity contribution in [1.82, 2.24) is 4.72 Å². The molecule has 2 N–H and O–H groups in total. The fourth-order valence-electron chi connectivity index (χ4n) is 2.01. The van der Waals surface area contributed by atoms with Crippen LogP contribution in [0, 0.1) is 5.82 Å². The Morgan fingerprint density at radius 1 is 1.24 bits per heavy atom. The van der Waals surface area contributed by atoms with Gasteiger partial charge in [-0.2, -0.15) is 4.72 Å². The van der Waals surface area contributed by atoms with Crippen LogP contribution in [0.25, 0.3) is 0 Å². The second kappa shape index (κ2) is 7.81. The summed E-state index contributed by atoms with van der Waals surface area (Å²) in [5.41, 5.74) is 0.368. The third-order valence-corrected chi connectivity index (χ3v) is 5.14. The number of methoxy groups -OCH3 is 1. The predicted octanol–water partition coefficient (Wildman–Crippen LogP) is 2.79. The Kier molecular flexibility index (Phi) is 5.99. The summed E-state index contributed by atoms with van der Waals surface area (Å²) in [6.45, 7) is 1.35. The second-order valence-corrected chi connectivity index (χ2v) is 7.20. The quantitative estimate of drug-likeness (QED) is 0.799. The van der Waals surface area contributed by atoms with Crippen LogP contribution >= 0.6 is 11.6 Å². The van der Waals surface area contributed by atoms with E-state index in [1.165, 1.54) is 32.2 Å². The first-order chi connectivity index (χ1) is 11.7. The molecule has 0 aliphatic rings. The minimum Gasteiger partial charge on any atom is -0.495 e. The normalized spacial score (nSPS) is 12.5. The fraction of sp³-hybridized carbons (Fsp3) is 0.188.